The number of likely N-dealkylation sites (N-methyl/N-ethyl adjacent to an activating group) is 1. The number of hydrogen-bond donors (Lipinski definition) is 0. The number of amides is 1. The second kappa shape index (κ2) is 7.38. The third-order valence-electron chi connectivity index (χ3n) is 5.79. The topological polar surface area (TPSA) is 32.8 Å². The highest BCUT2D eigenvalue weighted by atomic mass is 19.2. The first-order chi connectivity index (χ1) is 11.9. The molecule has 138 valence electrons. The van der Waals surface area contributed by atoms with Gasteiger partial charge >= 0.3 is 0 Å². The standard InChI is InChI=1S/C19H26F2N2O2/c1-22-13-19(11-15(22)12-25-2)6-8-23(9-7-19)17(24)10-14-4-3-5-16(20)18(14)21/h3-5,15H,6-13H2,1-2H3. The molecule has 1 aromatic carbocycles. The molecular weight excluding hydrogens is 326 g/mol. The molecule has 0 aromatic heterocycles. The number of nitrogens with zero attached hydrogens (tertiary/aromatic N) is 2. The Kier molecular flexibility index (Phi) is 5.39. The molecule has 0 bridgehead atoms. The fourth-order valence-corrected chi connectivity index (χ4v) is 4.31. The SMILES string of the molecule is COCC1CC2(CCN(C(=O)Cc3cccc(F)c3F)CC2)CN1C. The van der Waals surface area contributed by atoms with Crippen LogP contribution in [0.3, 0.4) is 0 Å². The van der Waals surface area contributed by atoms with Crippen molar-refractivity contribution in [2.75, 3.05) is 40.4 Å². The van der Waals surface area contributed by atoms with E-state index in [0.29, 0.717) is 19.1 Å². The smallest absolute Gasteiger partial charge is 0.227 e. The normalized spacial score (nSPS) is 23.4. The molecule has 25 heavy (non-hydrogen) atoms. The van der Waals surface area contributed by atoms with Crippen LogP contribution in [0.15, 0.2) is 18.2 Å². The molecule has 0 aliphatic carbocycles. The molecule has 2 heterocycles. The lowest BCUT2D eigenvalue weighted by Crippen LogP contribution is -2.44. The second-order valence-corrected chi connectivity index (χ2v) is 7.50. The number of rotatable bonds is 4. The van der Waals surface area contributed by atoms with Gasteiger partial charge in [-0.25, -0.2) is 8.78 Å². The molecule has 0 radical (unpaired) electrons. The summed E-state index contributed by atoms with van der Waals surface area (Å²) >= 11 is 0. The van der Waals surface area contributed by atoms with Crippen molar-refractivity contribution in [2.45, 2.75) is 31.7 Å². The summed E-state index contributed by atoms with van der Waals surface area (Å²) in [5.41, 5.74) is 0.379. The quantitative estimate of drug-likeness (QED) is 0.835. The van der Waals surface area contributed by atoms with Gasteiger partial charge in [-0.1, -0.05) is 12.1 Å². The first kappa shape index (κ1) is 18.3. The molecule has 2 aliphatic rings. The zero-order valence-electron chi connectivity index (χ0n) is 14.9. The van der Waals surface area contributed by atoms with Gasteiger partial charge in [-0.05, 0) is 37.8 Å². The lowest BCUT2D eigenvalue weighted by molar-refractivity contribution is -0.132. The number of methoxy groups -OCH3 is 1. The molecule has 0 saturated carbocycles. The lowest BCUT2D eigenvalue weighted by Gasteiger charge is -2.39. The number of benzene rings is 1. The molecule has 1 amide bonds. The van der Waals surface area contributed by atoms with Gasteiger partial charge in [-0.15, -0.1) is 0 Å². The van der Waals surface area contributed by atoms with Crippen LogP contribution < -0.4 is 0 Å². The summed E-state index contributed by atoms with van der Waals surface area (Å²) in [5, 5.41) is 0. The van der Waals surface area contributed by atoms with Gasteiger partial charge in [0, 0.05) is 38.3 Å². The van der Waals surface area contributed by atoms with Crippen LogP contribution in [0.4, 0.5) is 8.78 Å². The van der Waals surface area contributed by atoms with Crippen LogP contribution in [0.2, 0.25) is 0 Å². The zero-order valence-corrected chi connectivity index (χ0v) is 14.9. The maximum absolute atomic E-state index is 13.8. The van der Waals surface area contributed by atoms with Gasteiger partial charge in [0.1, 0.15) is 0 Å². The molecule has 1 atom stereocenters. The van der Waals surface area contributed by atoms with Gasteiger partial charge in [0.15, 0.2) is 11.6 Å². The largest absolute Gasteiger partial charge is 0.383 e. The van der Waals surface area contributed by atoms with Crippen LogP contribution in [0.5, 0.6) is 0 Å². The van der Waals surface area contributed by atoms with Crippen LogP contribution in [0.1, 0.15) is 24.8 Å². The van der Waals surface area contributed by atoms with Crippen molar-refractivity contribution in [2.24, 2.45) is 5.41 Å². The maximum atomic E-state index is 13.8. The minimum absolute atomic E-state index is 0.0806. The van der Waals surface area contributed by atoms with Crippen LogP contribution in [-0.4, -0.2) is 62.1 Å². The van der Waals surface area contributed by atoms with E-state index < -0.39 is 11.6 Å². The Morgan fingerprint density at radius 2 is 2.04 bits per heavy atom. The molecule has 6 heteroatoms. The summed E-state index contributed by atoms with van der Waals surface area (Å²) in [6, 6.07) is 4.43. The summed E-state index contributed by atoms with van der Waals surface area (Å²) in [5.74, 6) is -1.94. The third-order valence-corrected chi connectivity index (χ3v) is 5.79. The minimum atomic E-state index is -0.913. The van der Waals surface area contributed by atoms with E-state index in [-0.39, 0.29) is 23.3 Å². The molecule has 3 rings (SSSR count). The zero-order chi connectivity index (χ0) is 18.0. The maximum Gasteiger partial charge on any atom is 0.227 e. The van der Waals surface area contributed by atoms with Crippen LogP contribution >= 0.6 is 0 Å². The van der Waals surface area contributed by atoms with Crippen LogP contribution in [0.25, 0.3) is 0 Å². The van der Waals surface area contributed by atoms with E-state index in [4.69, 9.17) is 4.74 Å². The molecule has 4 nitrogen and oxygen atoms in total. The number of carbonyl (C=O) groups is 1. The van der Waals surface area contributed by atoms with Gasteiger partial charge in [0.25, 0.3) is 0 Å². The van der Waals surface area contributed by atoms with Crippen LogP contribution in [0, 0.1) is 17.0 Å². The van der Waals surface area contributed by atoms with Gasteiger partial charge in [-0.3, -0.25) is 4.79 Å². The van der Waals surface area contributed by atoms with Gasteiger partial charge < -0.3 is 14.5 Å². The van der Waals surface area contributed by atoms with Crippen LogP contribution in [-0.2, 0) is 16.0 Å². The van der Waals surface area contributed by atoms with E-state index >= 15 is 0 Å². The number of halogens is 2. The molecule has 1 spiro atoms. The fourth-order valence-electron chi connectivity index (χ4n) is 4.31. The Balaban J connectivity index is 1.57. The highest BCUT2D eigenvalue weighted by molar-refractivity contribution is 5.79. The van der Waals surface area contributed by atoms with Gasteiger partial charge in [-0.2, -0.15) is 0 Å². The van der Waals surface area contributed by atoms with E-state index in [1.807, 2.05) is 0 Å². The summed E-state index contributed by atoms with van der Waals surface area (Å²) in [6.45, 7) is 3.13. The lowest BCUT2D eigenvalue weighted by atomic mass is 9.76. The van der Waals surface area contributed by atoms with Crippen molar-refractivity contribution in [1.29, 1.82) is 0 Å². The van der Waals surface area contributed by atoms with Crippen molar-refractivity contribution in [1.82, 2.24) is 9.80 Å². The number of hydrogen-bond acceptors (Lipinski definition) is 3. The molecule has 2 saturated heterocycles. The number of piperidine rings is 1. The highest BCUT2D eigenvalue weighted by Gasteiger charge is 2.44. The Hall–Kier alpha value is -1.53. The summed E-state index contributed by atoms with van der Waals surface area (Å²) in [4.78, 5) is 16.6. The van der Waals surface area contributed by atoms with E-state index in [9.17, 15) is 13.6 Å². The van der Waals surface area contributed by atoms with Crippen molar-refractivity contribution >= 4 is 5.91 Å². The number of ether oxygens (including phenoxy) is 1. The molecule has 0 N–H and O–H groups in total. The second-order valence-electron chi connectivity index (χ2n) is 7.50. The third kappa shape index (κ3) is 3.85. The Morgan fingerprint density at radius 1 is 1.32 bits per heavy atom. The average molecular weight is 352 g/mol. The van der Waals surface area contributed by atoms with Crippen molar-refractivity contribution < 1.29 is 18.3 Å². The Labute approximate surface area is 147 Å². The summed E-state index contributed by atoms with van der Waals surface area (Å²) < 4.78 is 32.4. The van der Waals surface area contributed by atoms with E-state index in [2.05, 4.69) is 11.9 Å². The number of carbonyl (C=O) groups excluding carboxylic acids is 1. The molecule has 1 unspecified atom stereocenters. The molecule has 2 fully saturated rings. The molecule has 1 aromatic rings. The summed E-state index contributed by atoms with van der Waals surface area (Å²) in [7, 11) is 3.86. The van der Waals surface area contributed by atoms with Crippen molar-refractivity contribution in [3.8, 4) is 0 Å². The Morgan fingerprint density at radius 3 is 2.72 bits per heavy atom. The molecular formula is C19H26F2N2O2. The first-order valence-electron chi connectivity index (χ1n) is 8.84. The fraction of sp³-hybridized carbons (Fsp3) is 0.632. The van der Waals surface area contributed by atoms with Gasteiger partial charge in [0.2, 0.25) is 5.91 Å². The van der Waals surface area contributed by atoms with Gasteiger partial charge in [0.05, 0.1) is 13.0 Å². The van der Waals surface area contributed by atoms with Crippen molar-refractivity contribution in [3.63, 3.8) is 0 Å². The monoisotopic (exact) mass is 352 g/mol. The van der Waals surface area contributed by atoms with E-state index in [0.717, 1.165) is 38.5 Å². The Bertz CT molecular complexity index is 630. The van der Waals surface area contributed by atoms with E-state index in [1.54, 1.807) is 12.0 Å². The predicted molar refractivity (Wildman–Crippen MR) is 91.2 cm³/mol. The summed E-state index contributed by atoms with van der Waals surface area (Å²) in [6.07, 6.45) is 2.92. The highest BCUT2D eigenvalue weighted by Crippen LogP contribution is 2.42. The van der Waals surface area contributed by atoms with E-state index in [1.165, 1.54) is 12.1 Å². The van der Waals surface area contributed by atoms with Crippen molar-refractivity contribution in [3.05, 3.63) is 35.4 Å². The number of likely N-dealkylation sites (tertiary alicyclic amines) is 2. The first-order valence-corrected chi connectivity index (χ1v) is 8.84. The molecule has 2 aliphatic heterocycles. The predicted octanol–water partition coefficient (Wildman–Crippen LogP) is 2.47. The average Bonchev–Trinajstić information content (AvgIpc) is 2.88. The minimum Gasteiger partial charge on any atom is -0.383 e.